The maximum atomic E-state index is 12.3. The number of imidazole rings is 1. The molecule has 168 valence electrons. The van der Waals surface area contributed by atoms with Crippen molar-refractivity contribution < 1.29 is 8.78 Å². The van der Waals surface area contributed by atoms with Gasteiger partial charge in [0.15, 0.2) is 0 Å². The highest BCUT2D eigenvalue weighted by molar-refractivity contribution is 7.99. The highest BCUT2D eigenvalue weighted by Gasteiger charge is 2.23. The van der Waals surface area contributed by atoms with Gasteiger partial charge in [-0.25, -0.2) is 23.7 Å². The molecule has 4 N–H and O–H groups in total. The van der Waals surface area contributed by atoms with Crippen molar-refractivity contribution in [2.45, 2.75) is 38.7 Å². The average Bonchev–Trinajstić information content (AvgIpc) is 3.46. The minimum atomic E-state index is -2.80. The lowest BCUT2D eigenvalue weighted by atomic mass is 9.96. The number of anilines is 1. The van der Waals surface area contributed by atoms with Crippen molar-refractivity contribution >= 4 is 29.4 Å². The number of allylic oxidation sites excluding steroid dienone is 1. The SMILES string of the molecule is C1CCSC1.CC1CC(N)CN(c2cc(-c3cnc(/C=C\C(=N)C(F)F)[nH]3)ncn2)C1. The first-order valence-corrected chi connectivity index (χ1v) is 11.6. The number of nitrogens with one attached hydrogen (secondary N) is 2. The van der Waals surface area contributed by atoms with Crippen LogP contribution in [-0.4, -0.2) is 62.7 Å². The number of piperidine rings is 1. The molecule has 0 saturated carbocycles. The van der Waals surface area contributed by atoms with E-state index >= 15 is 0 Å². The number of aromatic amines is 1. The number of aromatic nitrogens is 4. The fourth-order valence-electron chi connectivity index (χ4n) is 3.56. The molecule has 10 heteroatoms. The predicted octanol–water partition coefficient (Wildman–Crippen LogP) is 3.85. The summed E-state index contributed by atoms with van der Waals surface area (Å²) >= 11 is 2.07. The second-order valence-corrected chi connectivity index (χ2v) is 9.08. The highest BCUT2D eigenvalue weighted by atomic mass is 32.2. The quantitative estimate of drug-likeness (QED) is 0.599. The van der Waals surface area contributed by atoms with E-state index in [2.05, 4.69) is 43.5 Å². The molecule has 0 bridgehead atoms. The second-order valence-electron chi connectivity index (χ2n) is 7.86. The normalized spacial score (nSPS) is 21.4. The van der Waals surface area contributed by atoms with Gasteiger partial charge in [0, 0.05) is 25.2 Å². The molecule has 2 atom stereocenters. The van der Waals surface area contributed by atoms with Crippen molar-refractivity contribution in [1.29, 1.82) is 5.41 Å². The maximum absolute atomic E-state index is 12.3. The number of hydrogen-bond donors (Lipinski definition) is 3. The number of halogens is 2. The minimum Gasteiger partial charge on any atom is -0.355 e. The Kier molecular flexibility index (Phi) is 8.53. The van der Waals surface area contributed by atoms with Crippen molar-refractivity contribution in [3.63, 3.8) is 0 Å². The fourth-order valence-corrected chi connectivity index (χ4v) is 4.58. The molecule has 2 aliphatic rings. The Morgan fingerprint density at radius 2 is 2.06 bits per heavy atom. The van der Waals surface area contributed by atoms with E-state index in [9.17, 15) is 8.78 Å². The number of thioether (sulfide) groups is 1. The van der Waals surface area contributed by atoms with Crippen LogP contribution in [0.2, 0.25) is 0 Å². The highest BCUT2D eigenvalue weighted by Crippen LogP contribution is 2.24. The van der Waals surface area contributed by atoms with E-state index in [-0.39, 0.29) is 6.04 Å². The minimum absolute atomic E-state index is 0.117. The largest absolute Gasteiger partial charge is 0.355 e. The Hall–Kier alpha value is -2.33. The van der Waals surface area contributed by atoms with Crippen LogP contribution in [0.25, 0.3) is 17.5 Å². The van der Waals surface area contributed by atoms with E-state index in [4.69, 9.17) is 11.1 Å². The van der Waals surface area contributed by atoms with Crippen LogP contribution in [0.1, 0.15) is 32.0 Å². The third-order valence-corrected chi connectivity index (χ3v) is 6.18. The zero-order valence-electron chi connectivity index (χ0n) is 17.6. The van der Waals surface area contributed by atoms with E-state index in [0.717, 1.165) is 31.4 Å². The average molecular weight is 450 g/mol. The van der Waals surface area contributed by atoms with Gasteiger partial charge in [-0.3, -0.25) is 5.41 Å². The first-order valence-electron chi connectivity index (χ1n) is 10.4. The number of alkyl halides is 2. The summed E-state index contributed by atoms with van der Waals surface area (Å²) in [5, 5.41) is 7.12. The van der Waals surface area contributed by atoms with E-state index < -0.39 is 12.1 Å². The summed E-state index contributed by atoms with van der Waals surface area (Å²) in [6.45, 7) is 3.79. The number of rotatable bonds is 5. The lowest BCUT2D eigenvalue weighted by molar-refractivity contribution is 0.226. The Labute approximate surface area is 185 Å². The molecular weight excluding hydrogens is 420 g/mol. The van der Waals surface area contributed by atoms with Gasteiger partial charge in [0.05, 0.1) is 23.3 Å². The second kappa shape index (κ2) is 11.3. The summed E-state index contributed by atoms with van der Waals surface area (Å²) in [6, 6.07) is 1.97. The molecule has 2 fully saturated rings. The topological polar surface area (TPSA) is 108 Å². The predicted molar refractivity (Wildman–Crippen MR) is 123 cm³/mol. The first kappa shape index (κ1) is 23.3. The van der Waals surface area contributed by atoms with Crippen LogP contribution in [0.15, 0.2) is 24.7 Å². The van der Waals surface area contributed by atoms with Crippen LogP contribution < -0.4 is 10.6 Å². The van der Waals surface area contributed by atoms with Gasteiger partial charge in [0.1, 0.15) is 18.0 Å². The summed E-state index contributed by atoms with van der Waals surface area (Å²) in [5.41, 5.74) is 6.64. The summed E-state index contributed by atoms with van der Waals surface area (Å²) in [7, 11) is 0. The van der Waals surface area contributed by atoms with Gasteiger partial charge in [-0.1, -0.05) is 6.92 Å². The van der Waals surface area contributed by atoms with Crippen molar-refractivity contribution in [3.8, 4) is 11.4 Å². The number of hydrogen-bond acceptors (Lipinski definition) is 7. The Morgan fingerprint density at radius 1 is 1.29 bits per heavy atom. The van der Waals surface area contributed by atoms with Gasteiger partial charge < -0.3 is 15.6 Å². The molecule has 2 aromatic rings. The molecule has 0 aliphatic carbocycles. The van der Waals surface area contributed by atoms with Crippen LogP contribution in [-0.2, 0) is 0 Å². The zero-order chi connectivity index (χ0) is 22.2. The molecule has 0 amide bonds. The summed E-state index contributed by atoms with van der Waals surface area (Å²) in [6.07, 6.45) is 6.54. The molecule has 4 rings (SSSR count). The van der Waals surface area contributed by atoms with Gasteiger partial charge in [-0.2, -0.15) is 11.8 Å². The fraction of sp³-hybridized carbons (Fsp3) is 0.524. The Balaban J connectivity index is 0.000000478. The third kappa shape index (κ3) is 7.10. The van der Waals surface area contributed by atoms with Crippen molar-refractivity contribution in [1.82, 2.24) is 19.9 Å². The monoisotopic (exact) mass is 449 g/mol. The molecular formula is C21H29F2N7S. The van der Waals surface area contributed by atoms with Gasteiger partial charge >= 0.3 is 0 Å². The van der Waals surface area contributed by atoms with Gasteiger partial charge in [-0.05, 0) is 48.8 Å². The van der Waals surface area contributed by atoms with Crippen molar-refractivity contribution in [3.05, 3.63) is 30.5 Å². The van der Waals surface area contributed by atoms with Crippen LogP contribution in [0.5, 0.6) is 0 Å². The molecule has 2 saturated heterocycles. The molecule has 4 heterocycles. The third-order valence-electron chi connectivity index (χ3n) is 5.02. The molecule has 0 radical (unpaired) electrons. The molecule has 2 unspecified atom stereocenters. The molecule has 0 spiro atoms. The van der Waals surface area contributed by atoms with Gasteiger partial charge in [-0.15, -0.1) is 0 Å². The molecule has 2 aliphatic heterocycles. The first-order chi connectivity index (χ1) is 14.9. The molecule has 31 heavy (non-hydrogen) atoms. The summed E-state index contributed by atoms with van der Waals surface area (Å²) < 4.78 is 24.7. The standard InChI is InChI=1S/C17H21F2N7.C4H8S/c1-10-4-11(20)8-26(7-10)16-5-13(23-9-24-16)14-6-22-15(25-14)3-2-12(21)17(18)19;1-2-4-5-3-1/h2-3,5-6,9-11,17,21H,4,7-8,20H2,1H3,(H,22,25);1-4H2/b3-2-,21-12?;. The van der Waals surface area contributed by atoms with Crippen LogP contribution >= 0.6 is 11.8 Å². The van der Waals surface area contributed by atoms with E-state index in [0.29, 0.717) is 23.1 Å². The van der Waals surface area contributed by atoms with Gasteiger partial charge in [0.2, 0.25) is 0 Å². The van der Waals surface area contributed by atoms with E-state index in [1.54, 1.807) is 6.20 Å². The summed E-state index contributed by atoms with van der Waals surface area (Å²) in [5.74, 6) is 4.49. The van der Waals surface area contributed by atoms with E-state index in [1.807, 2.05) is 6.07 Å². The lowest BCUT2D eigenvalue weighted by Crippen LogP contribution is -2.46. The zero-order valence-corrected chi connectivity index (χ0v) is 18.4. The van der Waals surface area contributed by atoms with Crippen molar-refractivity contribution in [2.75, 3.05) is 29.5 Å². The van der Waals surface area contributed by atoms with Gasteiger partial charge in [0.25, 0.3) is 6.43 Å². The Morgan fingerprint density at radius 3 is 2.71 bits per heavy atom. The van der Waals surface area contributed by atoms with Crippen molar-refractivity contribution in [2.24, 2.45) is 11.7 Å². The van der Waals surface area contributed by atoms with E-state index in [1.165, 1.54) is 36.8 Å². The smallest absolute Gasteiger partial charge is 0.279 e. The van der Waals surface area contributed by atoms with Crippen LogP contribution in [0.3, 0.4) is 0 Å². The van der Waals surface area contributed by atoms with Crippen LogP contribution in [0.4, 0.5) is 14.6 Å². The molecule has 0 aromatic carbocycles. The number of nitrogens with two attached hydrogens (primary N) is 1. The lowest BCUT2D eigenvalue weighted by Gasteiger charge is -2.35. The van der Waals surface area contributed by atoms with Crippen LogP contribution in [0, 0.1) is 11.3 Å². The Bertz CT molecular complexity index is 865. The number of nitrogens with zero attached hydrogens (tertiary/aromatic N) is 4. The summed E-state index contributed by atoms with van der Waals surface area (Å²) in [4.78, 5) is 17.9. The maximum Gasteiger partial charge on any atom is 0.279 e. The molecule has 2 aromatic heterocycles. The number of H-pyrrole nitrogens is 1. The molecule has 7 nitrogen and oxygen atoms in total.